The minimum Gasteiger partial charge on any atom is -0.296 e. The Balaban J connectivity index is 3.26. The molecule has 1 aromatic rings. The lowest BCUT2D eigenvalue weighted by atomic mass is 10.2. The molecule has 0 radical (unpaired) electrons. The predicted molar refractivity (Wildman–Crippen MR) is 84.8 cm³/mol. The van der Waals surface area contributed by atoms with Crippen molar-refractivity contribution in [1.29, 1.82) is 0 Å². The van der Waals surface area contributed by atoms with E-state index in [9.17, 15) is 0 Å². The second-order valence-electron chi connectivity index (χ2n) is 6.50. The number of hydrogen-bond acceptors (Lipinski definition) is 1. The van der Waals surface area contributed by atoms with Gasteiger partial charge in [0.2, 0.25) is 0 Å². The Hall–Kier alpha value is -0.353. The Labute approximate surface area is 124 Å². The van der Waals surface area contributed by atoms with Gasteiger partial charge in [-0.05, 0) is 10.1 Å². The first-order chi connectivity index (χ1) is 7.99. The molecule has 0 aliphatic heterocycles. The molecule has 100 valence electrons. The average molecular weight is 378 g/mol. The first-order valence-electron chi connectivity index (χ1n) is 5.89. The lowest BCUT2D eigenvalue weighted by Crippen LogP contribution is -2.47. The van der Waals surface area contributed by atoms with Gasteiger partial charge in [-0.15, -0.1) is 0 Å². The second-order valence-corrected chi connectivity index (χ2v) is 12.1. The summed E-state index contributed by atoms with van der Waals surface area (Å²) in [5.41, 5.74) is 3.72. The van der Waals surface area contributed by atoms with Crippen LogP contribution >= 0.6 is 22.9 Å². The van der Waals surface area contributed by atoms with Crippen molar-refractivity contribution in [2.24, 2.45) is 0 Å². The number of hydrogen-bond donors (Lipinski definition) is 0. The van der Waals surface area contributed by atoms with E-state index in [-0.39, 0.29) is 0 Å². The van der Waals surface area contributed by atoms with Gasteiger partial charge in [0, 0.05) is 0 Å². The SMILES string of the molecule is CC(C)(C)[Si](F)(C#Cc1cncn1I)C(C)(C)C. The number of aromatic nitrogens is 2. The van der Waals surface area contributed by atoms with Gasteiger partial charge in [0.15, 0.2) is 0 Å². The zero-order valence-electron chi connectivity index (χ0n) is 11.8. The van der Waals surface area contributed by atoms with Crippen LogP contribution in [0.4, 0.5) is 4.11 Å². The summed E-state index contributed by atoms with van der Waals surface area (Å²) in [5.74, 6) is 2.98. The fourth-order valence-corrected chi connectivity index (χ4v) is 5.70. The van der Waals surface area contributed by atoms with E-state index in [0.717, 1.165) is 5.69 Å². The van der Waals surface area contributed by atoms with Gasteiger partial charge in [0.05, 0.1) is 29.1 Å². The van der Waals surface area contributed by atoms with Crippen molar-refractivity contribution in [3.8, 4) is 11.5 Å². The summed E-state index contributed by atoms with van der Waals surface area (Å²) in [6.45, 7) is 11.7. The van der Waals surface area contributed by atoms with Crippen molar-refractivity contribution in [3.05, 3.63) is 18.2 Å². The Morgan fingerprint density at radius 1 is 1.22 bits per heavy atom. The standard InChI is InChI=1S/C13H20FIN2Si/c1-12(2,3)18(14,13(4,5)6)8-7-11-9-16-10-17(11)15/h9-10H,1-6H3. The van der Waals surface area contributed by atoms with Gasteiger partial charge >= 0.3 is 8.41 Å². The third-order valence-corrected chi connectivity index (χ3v) is 8.40. The lowest BCUT2D eigenvalue weighted by molar-refractivity contribution is 0.537. The maximum Gasteiger partial charge on any atom is 0.333 e. The van der Waals surface area contributed by atoms with Crippen molar-refractivity contribution in [3.63, 3.8) is 0 Å². The highest BCUT2D eigenvalue weighted by Gasteiger charge is 2.54. The summed E-state index contributed by atoms with van der Waals surface area (Å²) < 4.78 is 17.2. The van der Waals surface area contributed by atoms with Crippen LogP contribution in [0.1, 0.15) is 47.2 Å². The third kappa shape index (κ3) is 2.97. The average Bonchev–Trinajstić information content (AvgIpc) is 2.57. The number of imidazole rings is 1. The molecule has 0 aromatic carbocycles. The molecule has 0 unspecified atom stereocenters. The molecule has 0 aliphatic rings. The molecule has 1 heterocycles. The highest BCUT2D eigenvalue weighted by atomic mass is 127. The Bertz CT molecular complexity index is 472. The summed E-state index contributed by atoms with van der Waals surface area (Å²) in [7, 11) is -3.24. The summed E-state index contributed by atoms with van der Waals surface area (Å²) in [6.07, 6.45) is 3.33. The van der Waals surface area contributed by atoms with Crippen LogP contribution in [0, 0.1) is 11.5 Å². The van der Waals surface area contributed by atoms with E-state index < -0.39 is 18.5 Å². The summed E-state index contributed by atoms with van der Waals surface area (Å²) >= 11 is 2.09. The van der Waals surface area contributed by atoms with E-state index >= 15 is 4.11 Å². The van der Waals surface area contributed by atoms with Crippen LogP contribution in [0.15, 0.2) is 12.5 Å². The van der Waals surface area contributed by atoms with Gasteiger partial charge in [-0.2, -0.15) is 0 Å². The lowest BCUT2D eigenvalue weighted by Gasteiger charge is -2.40. The summed E-state index contributed by atoms with van der Waals surface area (Å²) in [5, 5.41) is -0.817. The summed E-state index contributed by atoms with van der Waals surface area (Å²) in [6, 6.07) is 0. The van der Waals surface area contributed by atoms with Crippen molar-refractivity contribution in [2.75, 3.05) is 0 Å². The van der Waals surface area contributed by atoms with Crippen molar-refractivity contribution < 1.29 is 4.11 Å². The van der Waals surface area contributed by atoms with Gasteiger partial charge < -0.3 is 0 Å². The monoisotopic (exact) mass is 378 g/mol. The summed E-state index contributed by atoms with van der Waals surface area (Å²) in [4.78, 5) is 3.99. The molecule has 5 heteroatoms. The molecule has 2 nitrogen and oxygen atoms in total. The first-order valence-corrected chi connectivity index (χ1v) is 8.74. The van der Waals surface area contributed by atoms with Crippen molar-refractivity contribution in [2.45, 2.75) is 51.6 Å². The topological polar surface area (TPSA) is 17.8 Å². The van der Waals surface area contributed by atoms with Crippen LogP contribution in [0.2, 0.25) is 10.1 Å². The number of halogens is 2. The highest BCUT2D eigenvalue weighted by Crippen LogP contribution is 2.51. The van der Waals surface area contributed by atoms with Crippen LogP contribution < -0.4 is 0 Å². The number of rotatable bonds is 0. The Kier molecular flexibility index (Phi) is 4.33. The first kappa shape index (κ1) is 15.7. The van der Waals surface area contributed by atoms with Crippen LogP contribution in [0.3, 0.4) is 0 Å². The molecule has 1 aromatic heterocycles. The van der Waals surface area contributed by atoms with Crippen molar-refractivity contribution >= 4 is 31.3 Å². The fraction of sp³-hybridized carbons (Fsp3) is 0.615. The molecule has 0 atom stereocenters. The molecular weight excluding hydrogens is 358 g/mol. The van der Waals surface area contributed by atoms with E-state index in [2.05, 4.69) is 39.3 Å². The minimum atomic E-state index is -3.24. The second kappa shape index (κ2) is 4.97. The van der Waals surface area contributed by atoms with Gasteiger partial charge in [-0.1, -0.05) is 53.0 Å². The van der Waals surface area contributed by atoms with Gasteiger partial charge in [-0.25, -0.2) is 4.98 Å². The van der Waals surface area contributed by atoms with E-state index in [1.54, 1.807) is 15.3 Å². The number of nitrogens with zero attached hydrogens (tertiary/aromatic N) is 2. The molecule has 18 heavy (non-hydrogen) atoms. The molecule has 0 spiro atoms. The molecule has 0 saturated carbocycles. The maximum atomic E-state index is 15.5. The van der Waals surface area contributed by atoms with E-state index in [0.29, 0.717) is 0 Å². The van der Waals surface area contributed by atoms with E-state index in [4.69, 9.17) is 0 Å². The Morgan fingerprint density at radius 2 is 1.72 bits per heavy atom. The van der Waals surface area contributed by atoms with E-state index in [1.807, 2.05) is 41.5 Å². The Morgan fingerprint density at radius 3 is 2.06 bits per heavy atom. The zero-order valence-corrected chi connectivity index (χ0v) is 15.0. The largest absolute Gasteiger partial charge is 0.333 e. The van der Waals surface area contributed by atoms with Crippen LogP contribution in [-0.4, -0.2) is 16.2 Å². The zero-order chi connectivity index (χ0) is 14.2. The predicted octanol–water partition coefficient (Wildman–Crippen LogP) is 4.49. The quantitative estimate of drug-likeness (QED) is 0.282. The molecule has 0 aliphatic carbocycles. The third-order valence-electron chi connectivity index (χ3n) is 3.02. The molecule has 0 bridgehead atoms. The van der Waals surface area contributed by atoms with E-state index in [1.165, 1.54) is 0 Å². The molecule has 0 saturated heterocycles. The van der Waals surface area contributed by atoms with Crippen LogP contribution in [-0.2, 0) is 0 Å². The molecule has 0 fully saturated rings. The minimum absolute atomic E-state index is 0.408. The maximum absolute atomic E-state index is 15.5. The molecule has 1 rings (SSSR count). The van der Waals surface area contributed by atoms with Gasteiger partial charge in [0.25, 0.3) is 0 Å². The molecular formula is C13H20FIN2Si. The van der Waals surface area contributed by atoms with Crippen LogP contribution in [0.5, 0.6) is 0 Å². The smallest absolute Gasteiger partial charge is 0.296 e. The normalized spacial score (nSPS) is 13.1. The fourth-order valence-electron chi connectivity index (χ4n) is 2.02. The van der Waals surface area contributed by atoms with Crippen molar-refractivity contribution in [1.82, 2.24) is 7.76 Å². The van der Waals surface area contributed by atoms with Gasteiger partial charge in [0.1, 0.15) is 12.0 Å². The highest BCUT2D eigenvalue weighted by molar-refractivity contribution is 14.1. The molecule has 0 amide bonds. The molecule has 0 N–H and O–H groups in total. The van der Waals surface area contributed by atoms with Crippen LogP contribution in [0.25, 0.3) is 0 Å². The van der Waals surface area contributed by atoms with Gasteiger partial charge in [-0.3, -0.25) is 6.89 Å².